The molecule has 1 heterocycles. The molecule has 0 spiro atoms. The molecule has 1 saturated heterocycles. The molecule has 0 bridgehead atoms. The van der Waals surface area contributed by atoms with E-state index in [1.165, 1.54) is 6.07 Å². The minimum Gasteiger partial charge on any atom is -0.314 e. The third-order valence-corrected chi connectivity index (χ3v) is 3.62. The summed E-state index contributed by atoms with van der Waals surface area (Å²) in [6.07, 6.45) is 0. The van der Waals surface area contributed by atoms with Gasteiger partial charge in [0.25, 0.3) is 0 Å². The Morgan fingerprint density at radius 1 is 1.56 bits per heavy atom. The van der Waals surface area contributed by atoms with E-state index in [0.29, 0.717) is 10.5 Å². The molecule has 0 saturated carbocycles. The highest BCUT2D eigenvalue weighted by molar-refractivity contribution is 9.10. The molecule has 1 fully saturated rings. The van der Waals surface area contributed by atoms with E-state index in [1.54, 1.807) is 0 Å². The van der Waals surface area contributed by atoms with Crippen LogP contribution in [0, 0.1) is 5.82 Å². The summed E-state index contributed by atoms with van der Waals surface area (Å²) in [5, 5.41) is 3.36. The van der Waals surface area contributed by atoms with Gasteiger partial charge < -0.3 is 5.32 Å². The highest BCUT2D eigenvalue weighted by Crippen LogP contribution is 2.18. The Morgan fingerprint density at radius 2 is 2.38 bits per heavy atom. The first-order valence-electron chi connectivity index (χ1n) is 5.55. The van der Waals surface area contributed by atoms with E-state index < -0.39 is 0 Å². The molecule has 1 aromatic carbocycles. The number of piperazine rings is 1. The van der Waals surface area contributed by atoms with Crippen molar-refractivity contribution in [1.82, 2.24) is 10.2 Å². The summed E-state index contributed by atoms with van der Waals surface area (Å²) in [7, 11) is 0. The molecule has 2 rings (SSSR count). The molecular formula is C12H16BrFN2. The van der Waals surface area contributed by atoms with Crippen molar-refractivity contribution >= 4 is 15.9 Å². The molecule has 2 nitrogen and oxygen atoms in total. The maximum Gasteiger partial charge on any atom is 0.137 e. The summed E-state index contributed by atoms with van der Waals surface area (Å²) in [6, 6.07) is 5.78. The van der Waals surface area contributed by atoms with Crippen LogP contribution >= 0.6 is 15.9 Å². The van der Waals surface area contributed by atoms with E-state index in [9.17, 15) is 4.39 Å². The van der Waals surface area contributed by atoms with Gasteiger partial charge in [-0.05, 0) is 40.5 Å². The quantitative estimate of drug-likeness (QED) is 0.898. The van der Waals surface area contributed by atoms with Gasteiger partial charge in [0.1, 0.15) is 5.82 Å². The maximum atomic E-state index is 13.1. The molecule has 1 N–H and O–H groups in total. The second kappa shape index (κ2) is 5.25. The Balaban J connectivity index is 2.05. The topological polar surface area (TPSA) is 15.3 Å². The fourth-order valence-electron chi connectivity index (χ4n) is 1.99. The van der Waals surface area contributed by atoms with Crippen molar-refractivity contribution in [3.05, 3.63) is 34.1 Å². The van der Waals surface area contributed by atoms with E-state index in [2.05, 4.69) is 33.1 Å². The summed E-state index contributed by atoms with van der Waals surface area (Å²) < 4.78 is 13.6. The predicted molar refractivity (Wildman–Crippen MR) is 66.8 cm³/mol. The largest absolute Gasteiger partial charge is 0.314 e. The molecule has 0 aliphatic carbocycles. The number of hydrogen-bond acceptors (Lipinski definition) is 2. The molecular weight excluding hydrogens is 271 g/mol. The molecule has 0 unspecified atom stereocenters. The zero-order valence-electron chi connectivity index (χ0n) is 9.34. The van der Waals surface area contributed by atoms with Crippen LogP contribution in [-0.2, 0) is 6.54 Å². The summed E-state index contributed by atoms with van der Waals surface area (Å²) >= 11 is 3.22. The lowest BCUT2D eigenvalue weighted by molar-refractivity contribution is 0.165. The Morgan fingerprint density at radius 3 is 3.06 bits per heavy atom. The van der Waals surface area contributed by atoms with Gasteiger partial charge in [-0.3, -0.25) is 4.90 Å². The number of rotatable bonds is 2. The van der Waals surface area contributed by atoms with E-state index >= 15 is 0 Å². The standard InChI is InChI=1S/C12H16BrFN2/c1-9-7-15-4-5-16(9)8-10-2-3-12(14)11(13)6-10/h2-3,6,9,15H,4-5,7-8H2,1H3/t9-/m0/s1. The van der Waals surface area contributed by atoms with Gasteiger partial charge in [0.15, 0.2) is 0 Å². The molecule has 1 atom stereocenters. The van der Waals surface area contributed by atoms with Crippen molar-refractivity contribution in [2.45, 2.75) is 19.5 Å². The van der Waals surface area contributed by atoms with Crippen molar-refractivity contribution in [2.24, 2.45) is 0 Å². The van der Waals surface area contributed by atoms with Gasteiger partial charge in [-0.15, -0.1) is 0 Å². The molecule has 16 heavy (non-hydrogen) atoms. The van der Waals surface area contributed by atoms with Crippen molar-refractivity contribution < 1.29 is 4.39 Å². The molecule has 1 aromatic rings. The van der Waals surface area contributed by atoms with E-state index in [-0.39, 0.29) is 5.82 Å². The van der Waals surface area contributed by atoms with Crippen LogP contribution < -0.4 is 5.32 Å². The van der Waals surface area contributed by atoms with Crippen LogP contribution in [0.25, 0.3) is 0 Å². The Labute approximate surface area is 104 Å². The van der Waals surface area contributed by atoms with Crippen molar-refractivity contribution in [3.63, 3.8) is 0 Å². The average Bonchev–Trinajstić information content (AvgIpc) is 2.27. The van der Waals surface area contributed by atoms with E-state index in [4.69, 9.17) is 0 Å². The summed E-state index contributed by atoms with van der Waals surface area (Å²) in [5.74, 6) is -0.197. The lowest BCUT2D eigenvalue weighted by Crippen LogP contribution is -2.49. The summed E-state index contributed by atoms with van der Waals surface area (Å²) in [4.78, 5) is 2.41. The highest BCUT2D eigenvalue weighted by Gasteiger charge is 2.17. The Kier molecular flexibility index (Phi) is 3.95. The number of halogens is 2. The minimum absolute atomic E-state index is 0.197. The first-order chi connectivity index (χ1) is 7.66. The third-order valence-electron chi connectivity index (χ3n) is 3.01. The van der Waals surface area contributed by atoms with Crippen LogP contribution in [0.3, 0.4) is 0 Å². The van der Waals surface area contributed by atoms with Crippen molar-refractivity contribution in [2.75, 3.05) is 19.6 Å². The smallest absolute Gasteiger partial charge is 0.137 e. The Hall–Kier alpha value is -0.450. The van der Waals surface area contributed by atoms with Crippen molar-refractivity contribution in [3.8, 4) is 0 Å². The lowest BCUT2D eigenvalue weighted by Gasteiger charge is -2.33. The predicted octanol–water partition coefficient (Wildman–Crippen LogP) is 2.38. The van der Waals surface area contributed by atoms with Crippen LogP contribution in [0.5, 0.6) is 0 Å². The third kappa shape index (κ3) is 2.81. The normalized spacial score (nSPS) is 22.3. The molecule has 88 valence electrons. The van der Waals surface area contributed by atoms with Crippen LogP contribution in [0.15, 0.2) is 22.7 Å². The van der Waals surface area contributed by atoms with Gasteiger partial charge in [-0.1, -0.05) is 6.07 Å². The molecule has 0 amide bonds. The van der Waals surface area contributed by atoms with Gasteiger partial charge in [0, 0.05) is 32.2 Å². The lowest BCUT2D eigenvalue weighted by atomic mass is 10.1. The average molecular weight is 287 g/mol. The maximum absolute atomic E-state index is 13.1. The summed E-state index contributed by atoms with van der Waals surface area (Å²) in [5.41, 5.74) is 1.15. The van der Waals surface area contributed by atoms with Crippen LogP contribution in [0.2, 0.25) is 0 Å². The molecule has 1 aliphatic rings. The van der Waals surface area contributed by atoms with Crippen LogP contribution in [0.4, 0.5) is 4.39 Å². The fourth-order valence-corrected chi connectivity index (χ4v) is 2.42. The van der Waals surface area contributed by atoms with Gasteiger partial charge in [0.05, 0.1) is 4.47 Å². The van der Waals surface area contributed by atoms with Crippen LogP contribution in [0.1, 0.15) is 12.5 Å². The number of benzene rings is 1. The monoisotopic (exact) mass is 286 g/mol. The SMILES string of the molecule is C[C@H]1CNCCN1Cc1ccc(F)c(Br)c1. The number of hydrogen-bond donors (Lipinski definition) is 1. The number of nitrogens with zero attached hydrogens (tertiary/aromatic N) is 1. The van der Waals surface area contributed by atoms with Gasteiger partial charge >= 0.3 is 0 Å². The molecule has 0 aromatic heterocycles. The molecule has 0 radical (unpaired) electrons. The van der Waals surface area contributed by atoms with Crippen molar-refractivity contribution in [1.29, 1.82) is 0 Å². The second-order valence-electron chi connectivity index (χ2n) is 4.27. The first kappa shape index (κ1) is 12.0. The first-order valence-corrected chi connectivity index (χ1v) is 6.35. The molecule has 1 aliphatic heterocycles. The minimum atomic E-state index is -0.197. The fraction of sp³-hybridized carbons (Fsp3) is 0.500. The van der Waals surface area contributed by atoms with Gasteiger partial charge in [0.2, 0.25) is 0 Å². The summed E-state index contributed by atoms with van der Waals surface area (Å²) in [6.45, 7) is 6.22. The van der Waals surface area contributed by atoms with E-state index in [1.807, 2.05) is 12.1 Å². The van der Waals surface area contributed by atoms with Gasteiger partial charge in [-0.2, -0.15) is 0 Å². The van der Waals surface area contributed by atoms with Crippen LogP contribution in [-0.4, -0.2) is 30.6 Å². The zero-order valence-corrected chi connectivity index (χ0v) is 10.9. The zero-order chi connectivity index (χ0) is 11.5. The highest BCUT2D eigenvalue weighted by atomic mass is 79.9. The number of nitrogens with one attached hydrogen (secondary N) is 1. The van der Waals surface area contributed by atoms with E-state index in [0.717, 1.165) is 31.7 Å². The Bertz CT molecular complexity index is 370. The van der Waals surface area contributed by atoms with Gasteiger partial charge in [-0.25, -0.2) is 4.39 Å². The second-order valence-corrected chi connectivity index (χ2v) is 5.13. The molecule has 4 heteroatoms.